The van der Waals surface area contributed by atoms with Gasteiger partial charge in [0.15, 0.2) is 0 Å². The number of anilines is 2. The van der Waals surface area contributed by atoms with E-state index in [0.717, 1.165) is 30.5 Å². The summed E-state index contributed by atoms with van der Waals surface area (Å²) >= 11 is 0. The maximum Gasteiger partial charge on any atom is 0.136 e. The number of benzene rings is 1. The number of fused-ring (bicyclic) bond motifs is 1. The lowest BCUT2D eigenvalue weighted by atomic mass is 10.0. The van der Waals surface area contributed by atoms with Gasteiger partial charge in [-0.2, -0.15) is 0 Å². The molecule has 1 saturated carbocycles. The molecule has 5 rings (SSSR count). The van der Waals surface area contributed by atoms with Gasteiger partial charge in [0, 0.05) is 49.9 Å². The fraction of sp³-hybridized carbons (Fsp3) is 0.409. The zero-order chi connectivity index (χ0) is 18.2. The summed E-state index contributed by atoms with van der Waals surface area (Å²) in [7, 11) is 2.17. The SMILES string of the molecule is CN(c1ccnc(C2CC2)n1)C1CCCN(c2nccc3ccccc23)C1. The van der Waals surface area contributed by atoms with Crippen molar-refractivity contribution in [1.82, 2.24) is 15.0 Å². The third-order valence-electron chi connectivity index (χ3n) is 5.86. The van der Waals surface area contributed by atoms with Crippen LogP contribution in [0.1, 0.15) is 37.4 Å². The van der Waals surface area contributed by atoms with Gasteiger partial charge in [0.1, 0.15) is 17.5 Å². The molecule has 0 bridgehead atoms. The minimum absolute atomic E-state index is 0.432. The van der Waals surface area contributed by atoms with E-state index in [1.807, 2.05) is 18.5 Å². The lowest BCUT2D eigenvalue weighted by Crippen LogP contribution is -2.47. The predicted molar refractivity (Wildman–Crippen MR) is 109 cm³/mol. The van der Waals surface area contributed by atoms with Crippen LogP contribution in [0, 0.1) is 0 Å². The molecule has 1 aliphatic heterocycles. The Balaban J connectivity index is 1.39. The number of likely N-dealkylation sites (N-methyl/N-ethyl adjacent to an activating group) is 1. The number of hydrogen-bond donors (Lipinski definition) is 0. The van der Waals surface area contributed by atoms with Gasteiger partial charge >= 0.3 is 0 Å². The minimum atomic E-state index is 0.432. The van der Waals surface area contributed by atoms with Crippen molar-refractivity contribution in [2.75, 3.05) is 29.9 Å². The highest BCUT2D eigenvalue weighted by Crippen LogP contribution is 2.38. The molecule has 1 unspecified atom stereocenters. The van der Waals surface area contributed by atoms with E-state index < -0.39 is 0 Å². The number of piperidine rings is 1. The molecule has 1 atom stereocenters. The third-order valence-corrected chi connectivity index (χ3v) is 5.86. The van der Waals surface area contributed by atoms with Crippen LogP contribution in [0.25, 0.3) is 10.8 Å². The molecular weight excluding hydrogens is 334 g/mol. The lowest BCUT2D eigenvalue weighted by Gasteiger charge is -2.39. The molecule has 1 saturated heterocycles. The second kappa shape index (κ2) is 6.80. The Morgan fingerprint density at radius 2 is 1.85 bits per heavy atom. The van der Waals surface area contributed by atoms with Crippen molar-refractivity contribution in [1.29, 1.82) is 0 Å². The molecule has 0 N–H and O–H groups in total. The van der Waals surface area contributed by atoms with Crippen LogP contribution in [0.4, 0.5) is 11.6 Å². The summed E-state index contributed by atoms with van der Waals surface area (Å²) in [6, 6.07) is 13.1. The molecule has 2 aromatic heterocycles. The average Bonchev–Trinajstić information content (AvgIpc) is 3.58. The van der Waals surface area contributed by atoms with E-state index in [4.69, 9.17) is 9.97 Å². The summed E-state index contributed by atoms with van der Waals surface area (Å²) in [5, 5.41) is 2.49. The molecular formula is C22H25N5. The predicted octanol–water partition coefficient (Wildman–Crippen LogP) is 4.01. The molecule has 0 radical (unpaired) electrons. The van der Waals surface area contributed by atoms with Gasteiger partial charge < -0.3 is 9.80 Å². The van der Waals surface area contributed by atoms with Crippen LogP contribution in [0.3, 0.4) is 0 Å². The van der Waals surface area contributed by atoms with Crippen LogP contribution in [0.15, 0.2) is 48.8 Å². The molecule has 0 spiro atoms. The highest BCUT2D eigenvalue weighted by molar-refractivity contribution is 5.92. The monoisotopic (exact) mass is 359 g/mol. The quantitative estimate of drug-likeness (QED) is 0.704. The van der Waals surface area contributed by atoms with Crippen LogP contribution in [-0.2, 0) is 0 Å². The van der Waals surface area contributed by atoms with E-state index in [1.54, 1.807) is 0 Å². The molecule has 138 valence electrons. The molecule has 2 fully saturated rings. The van der Waals surface area contributed by atoms with Gasteiger partial charge in [0.25, 0.3) is 0 Å². The fourth-order valence-corrected chi connectivity index (χ4v) is 4.10. The average molecular weight is 359 g/mol. The molecule has 1 aliphatic carbocycles. The molecule has 3 heterocycles. The highest BCUT2D eigenvalue weighted by Gasteiger charge is 2.29. The van der Waals surface area contributed by atoms with Crippen molar-refractivity contribution in [2.24, 2.45) is 0 Å². The summed E-state index contributed by atoms with van der Waals surface area (Å²) in [5.74, 6) is 3.75. The zero-order valence-electron chi connectivity index (χ0n) is 15.8. The van der Waals surface area contributed by atoms with Gasteiger partial charge in [-0.25, -0.2) is 15.0 Å². The van der Waals surface area contributed by atoms with Gasteiger partial charge in [0.2, 0.25) is 0 Å². The molecule has 2 aliphatic rings. The number of rotatable bonds is 4. The van der Waals surface area contributed by atoms with Gasteiger partial charge in [-0.1, -0.05) is 24.3 Å². The van der Waals surface area contributed by atoms with Crippen molar-refractivity contribution < 1.29 is 0 Å². The van der Waals surface area contributed by atoms with Gasteiger partial charge in [-0.3, -0.25) is 0 Å². The van der Waals surface area contributed by atoms with E-state index in [0.29, 0.717) is 12.0 Å². The van der Waals surface area contributed by atoms with Gasteiger partial charge in [-0.15, -0.1) is 0 Å². The van der Waals surface area contributed by atoms with Crippen molar-refractivity contribution in [3.8, 4) is 0 Å². The summed E-state index contributed by atoms with van der Waals surface area (Å²) in [6.45, 7) is 2.03. The second-order valence-corrected chi connectivity index (χ2v) is 7.76. The Bertz CT molecular complexity index is 947. The van der Waals surface area contributed by atoms with Crippen molar-refractivity contribution in [2.45, 2.75) is 37.6 Å². The summed E-state index contributed by atoms with van der Waals surface area (Å²) in [6.07, 6.45) is 8.66. The van der Waals surface area contributed by atoms with E-state index in [2.05, 4.69) is 52.2 Å². The first kappa shape index (κ1) is 16.5. The lowest BCUT2D eigenvalue weighted by molar-refractivity contribution is 0.483. The molecule has 3 aromatic rings. The number of pyridine rings is 1. The van der Waals surface area contributed by atoms with Gasteiger partial charge in [0.05, 0.1) is 0 Å². The Morgan fingerprint density at radius 1 is 1.00 bits per heavy atom. The van der Waals surface area contributed by atoms with Crippen molar-refractivity contribution >= 4 is 22.4 Å². The second-order valence-electron chi connectivity index (χ2n) is 7.76. The van der Waals surface area contributed by atoms with Crippen LogP contribution < -0.4 is 9.80 Å². The number of aromatic nitrogens is 3. The highest BCUT2D eigenvalue weighted by atomic mass is 15.3. The molecule has 5 heteroatoms. The number of hydrogen-bond acceptors (Lipinski definition) is 5. The van der Waals surface area contributed by atoms with Crippen molar-refractivity contribution in [3.63, 3.8) is 0 Å². The maximum atomic E-state index is 4.84. The fourth-order valence-electron chi connectivity index (χ4n) is 4.10. The van der Waals surface area contributed by atoms with E-state index >= 15 is 0 Å². The zero-order valence-corrected chi connectivity index (χ0v) is 15.8. The van der Waals surface area contributed by atoms with Crippen LogP contribution in [-0.4, -0.2) is 41.1 Å². The van der Waals surface area contributed by atoms with E-state index in [-0.39, 0.29) is 0 Å². The van der Waals surface area contributed by atoms with Crippen molar-refractivity contribution in [3.05, 3.63) is 54.6 Å². The Morgan fingerprint density at radius 3 is 2.74 bits per heavy atom. The molecule has 1 aromatic carbocycles. The Kier molecular flexibility index (Phi) is 4.15. The first-order chi connectivity index (χ1) is 13.3. The summed E-state index contributed by atoms with van der Waals surface area (Å²) < 4.78 is 0. The standard InChI is InChI=1S/C22H25N5/c1-26(20-11-13-23-21(25-20)17-8-9-17)18-6-4-14-27(15-18)22-19-7-3-2-5-16(19)10-12-24-22/h2-3,5,7,10-13,17-18H,4,6,8-9,14-15H2,1H3. The maximum absolute atomic E-state index is 4.84. The largest absolute Gasteiger partial charge is 0.355 e. The molecule has 0 amide bonds. The molecule has 27 heavy (non-hydrogen) atoms. The van der Waals surface area contributed by atoms with E-state index in [9.17, 15) is 0 Å². The smallest absolute Gasteiger partial charge is 0.136 e. The topological polar surface area (TPSA) is 45.2 Å². The summed E-state index contributed by atoms with van der Waals surface area (Å²) in [5.41, 5.74) is 0. The molecule has 5 nitrogen and oxygen atoms in total. The minimum Gasteiger partial charge on any atom is -0.355 e. The van der Waals surface area contributed by atoms with Gasteiger partial charge in [-0.05, 0) is 43.2 Å². The first-order valence-corrected chi connectivity index (χ1v) is 9.94. The Hall–Kier alpha value is -2.69. The first-order valence-electron chi connectivity index (χ1n) is 9.94. The van der Waals surface area contributed by atoms with Crippen LogP contribution in [0.5, 0.6) is 0 Å². The van der Waals surface area contributed by atoms with Crippen LogP contribution in [0.2, 0.25) is 0 Å². The number of nitrogens with zero attached hydrogens (tertiary/aromatic N) is 5. The Labute approximate surface area is 160 Å². The summed E-state index contributed by atoms with van der Waals surface area (Å²) in [4.78, 5) is 18.8. The third kappa shape index (κ3) is 3.22. The van der Waals surface area contributed by atoms with E-state index in [1.165, 1.54) is 36.5 Å². The van der Waals surface area contributed by atoms with Crippen LogP contribution >= 0.6 is 0 Å². The normalized spacial score (nSPS) is 20.0.